The first-order chi connectivity index (χ1) is 15.8. The summed E-state index contributed by atoms with van der Waals surface area (Å²) in [4.78, 5) is 2.43. The lowest BCUT2D eigenvalue weighted by molar-refractivity contribution is 0.922. The van der Waals surface area contributed by atoms with Crippen molar-refractivity contribution in [3.8, 4) is 0 Å². The van der Waals surface area contributed by atoms with Crippen LogP contribution in [0.2, 0.25) is 0 Å². The first-order valence-corrected chi connectivity index (χ1v) is 11.7. The van der Waals surface area contributed by atoms with Crippen LogP contribution in [0, 0.1) is 0 Å². The van der Waals surface area contributed by atoms with Crippen LogP contribution in [-0.4, -0.2) is 0 Å². The lowest BCUT2D eigenvalue weighted by Gasteiger charge is -2.31. The molecule has 1 heteroatoms. The molecule has 0 radical (unpaired) electrons. The Hall–Kier alpha value is -3.58. The van der Waals surface area contributed by atoms with Crippen molar-refractivity contribution in [3.63, 3.8) is 0 Å². The SMILES string of the molecule is CCCc1ccc(N(c2ccccc2)c2ccc3ccc4c5c3c2CC=C5C=CC4)cc1. The molecule has 0 aliphatic heterocycles. The molecule has 2 aliphatic carbocycles. The van der Waals surface area contributed by atoms with Gasteiger partial charge in [-0.3, -0.25) is 0 Å². The predicted octanol–water partition coefficient (Wildman–Crippen LogP) is 8.31. The zero-order chi connectivity index (χ0) is 21.5. The summed E-state index contributed by atoms with van der Waals surface area (Å²) in [7, 11) is 0. The highest BCUT2D eigenvalue weighted by atomic mass is 15.1. The fourth-order valence-corrected chi connectivity index (χ4v) is 5.32. The number of nitrogens with zero attached hydrogens (tertiary/aromatic N) is 1. The minimum Gasteiger partial charge on any atom is -0.310 e. The maximum Gasteiger partial charge on any atom is 0.0503 e. The largest absolute Gasteiger partial charge is 0.310 e. The molecule has 0 unspecified atom stereocenters. The Morgan fingerprint density at radius 2 is 1.56 bits per heavy atom. The van der Waals surface area contributed by atoms with Gasteiger partial charge >= 0.3 is 0 Å². The molecule has 32 heavy (non-hydrogen) atoms. The molecule has 0 atom stereocenters. The van der Waals surface area contributed by atoms with Crippen LogP contribution < -0.4 is 4.90 Å². The number of hydrogen-bond acceptors (Lipinski definition) is 1. The van der Waals surface area contributed by atoms with E-state index in [2.05, 4.69) is 109 Å². The lowest BCUT2D eigenvalue weighted by atomic mass is 9.81. The van der Waals surface area contributed by atoms with E-state index in [0.29, 0.717) is 0 Å². The molecule has 2 aliphatic rings. The summed E-state index contributed by atoms with van der Waals surface area (Å²) in [5.41, 5.74) is 10.8. The molecule has 0 N–H and O–H groups in total. The molecular weight excluding hydrogens is 386 g/mol. The molecule has 1 nitrogen and oxygen atoms in total. The molecule has 156 valence electrons. The second kappa shape index (κ2) is 7.84. The van der Waals surface area contributed by atoms with Crippen molar-refractivity contribution in [1.82, 2.24) is 0 Å². The first kappa shape index (κ1) is 19.1. The third kappa shape index (κ3) is 3.08. The lowest BCUT2D eigenvalue weighted by Crippen LogP contribution is -2.14. The monoisotopic (exact) mass is 413 g/mol. The van der Waals surface area contributed by atoms with Crippen molar-refractivity contribution in [2.75, 3.05) is 4.90 Å². The third-order valence-corrected chi connectivity index (χ3v) is 6.79. The molecule has 0 fully saturated rings. The molecule has 0 amide bonds. The number of aryl methyl sites for hydroxylation is 1. The van der Waals surface area contributed by atoms with Crippen molar-refractivity contribution in [3.05, 3.63) is 119 Å². The molecule has 0 spiro atoms. The number of benzene rings is 4. The van der Waals surface area contributed by atoms with Crippen LogP contribution >= 0.6 is 0 Å². The Morgan fingerprint density at radius 3 is 2.38 bits per heavy atom. The first-order valence-electron chi connectivity index (χ1n) is 11.7. The van der Waals surface area contributed by atoms with Crippen LogP contribution in [0.1, 0.15) is 35.6 Å². The fraction of sp³-hybridized carbons (Fsp3) is 0.161. The molecule has 0 aromatic heterocycles. The summed E-state index contributed by atoms with van der Waals surface area (Å²) in [5.74, 6) is 0. The van der Waals surface area contributed by atoms with Gasteiger partial charge in [0.05, 0.1) is 5.69 Å². The van der Waals surface area contributed by atoms with Gasteiger partial charge in [-0.25, -0.2) is 0 Å². The quantitative estimate of drug-likeness (QED) is 0.318. The van der Waals surface area contributed by atoms with Crippen LogP contribution in [0.25, 0.3) is 16.3 Å². The summed E-state index contributed by atoms with van der Waals surface area (Å²) in [6, 6.07) is 29.1. The van der Waals surface area contributed by atoms with E-state index in [1.54, 1.807) is 0 Å². The summed E-state index contributed by atoms with van der Waals surface area (Å²) in [6.45, 7) is 2.24. The number of para-hydroxylation sites is 1. The van der Waals surface area contributed by atoms with Crippen molar-refractivity contribution in [2.45, 2.75) is 32.6 Å². The van der Waals surface area contributed by atoms with Gasteiger partial charge in [-0.2, -0.15) is 0 Å². The van der Waals surface area contributed by atoms with Crippen LogP contribution in [0.3, 0.4) is 0 Å². The average molecular weight is 414 g/mol. The van der Waals surface area contributed by atoms with Gasteiger partial charge in [0.25, 0.3) is 0 Å². The van der Waals surface area contributed by atoms with Gasteiger partial charge in [0.15, 0.2) is 0 Å². The van der Waals surface area contributed by atoms with Crippen LogP contribution in [-0.2, 0) is 19.3 Å². The minimum atomic E-state index is 0.958. The molecule has 0 bridgehead atoms. The van der Waals surface area contributed by atoms with Crippen molar-refractivity contribution >= 4 is 33.4 Å². The maximum absolute atomic E-state index is 2.43. The summed E-state index contributed by atoms with van der Waals surface area (Å²) in [6.07, 6.45) is 11.3. The highest BCUT2D eigenvalue weighted by Gasteiger charge is 2.24. The number of rotatable bonds is 5. The normalized spacial score (nSPS) is 13.8. The minimum absolute atomic E-state index is 0.958. The van der Waals surface area contributed by atoms with E-state index in [1.807, 2.05) is 0 Å². The van der Waals surface area contributed by atoms with E-state index in [-0.39, 0.29) is 0 Å². The van der Waals surface area contributed by atoms with Gasteiger partial charge in [0.2, 0.25) is 0 Å². The van der Waals surface area contributed by atoms with E-state index in [0.717, 1.165) is 19.3 Å². The molecule has 0 saturated carbocycles. The fourth-order valence-electron chi connectivity index (χ4n) is 5.32. The Morgan fingerprint density at radius 1 is 0.781 bits per heavy atom. The van der Waals surface area contributed by atoms with Gasteiger partial charge in [0.1, 0.15) is 0 Å². The van der Waals surface area contributed by atoms with E-state index < -0.39 is 0 Å². The Bertz CT molecular complexity index is 1360. The second-order valence-corrected chi connectivity index (χ2v) is 8.82. The highest BCUT2D eigenvalue weighted by molar-refractivity contribution is 6.05. The van der Waals surface area contributed by atoms with Crippen molar-refractivity contribution in [2.24, 2.45) is 0 Å². The molecule has 0 saturated heterocycles. The van der Waals surface area contributed by atoms with Crippen molar-refractivity contribution < 1.29 is 0 Å². The maximum atomic E-state index is 2.43. The molecule has 0 heterocycles. The van der Waals surface area contributed by atoms with Crippen molar-refractivity contribution in [1.29, 1.82) is 0 Å². The molecule has 4 aromatic carbocycles. The van der Waals surface area contributed by atoms with Gasteiger partial charge < -0.3 is 4.90 Å². The third-order valence-electron chi connectivity index (χ3n) is 6.79. The molecular formula is C31H27N. The van der Waals surface area contributed by atoms with Gasteiger partial charge in [0, 0.05) is 11.4 Å². The summed E-state index contributed by atoms with van der Waals surface area (Å²) in [5, 5.41) is 2.78. The second-order valence-electron chi connectivity index (χ2n) is 8.82. The summed E-state index contributed by atoms with van der Waals surface area (Å²) >= 11 is 0. The van der Waals surface area contributed by atoms with Crippen LogP contribution in [0.15, 0.2) is 97.1 Å². The zero-order valence-corrected chi connectivity index (χ0v) is 18.5. The number of anilines is 3. The van der Waals surface area contributed by atoms with Crippen LogP contribution in [0.5, 0.6) is 0 Å². The van der Waals surface area contributed by atoms with E-state index in [1.165, 1.54) is 62.1 Å². The van der Waals surface area contributed by atoms with Gasteiger partial charge in [-0.05, 0) is 88.2 Å². The van der Waals surface area contributed by atoms with Crippen LogP contribution in [0.4, 0.5) is 17.1 Å². The highest BCUT2D eigenvalue weighted by Crippen LogP contribution is 2.45. The van der Waals surface area contributed by atoms with E-state index in [4.69, 9.17) is 0 Å². The standard InChI is InChI=1S/C31H27N/c1-2-7-22-12-18-27(19-13-22)32(26-10-4-3-5-11-26)29-21-17-25-15-14-23-8-6-9-24-16-20-28(29)31(25)30(23)24/h3-6,9-19,21H,2,7-8,20H2,1H3. The van der Waals surface area contributed by atoms with E-state index in [9.17, 15) is 0 Å². The number of allylic oxidation sites excluding steroid dienone is 4. The molecule has 6 rings (SSSR count). The predicted molar refractivity (Wildman–Crippen MR) is 137 cm³/mol. The Kier molecular flexibility index (Phi) is 4.69. The Balaban J connectivity index is 1.58. The smallest absolute Gasteiger partial charge is 0.0503 e. The van der Waals surface area contributed by atoms with E-state index >= 15 is 0 Å². The number of hydrogen-bond donors (Lipinski definition) is 0. The topological polar surface area (TPSA) is 3.24 Å². The Labute approximate surface area is 190 Å². The van der Waals surface area contributed by atoms with Gasteiger partial charge in [-0.1, -0.05) is 80.1 Å². The molecule has 4 aromatic rings. The zero-order valence-electron chi connectivity index (χ0n) is 18.5. The van der Waals surface area contributed by atoms with Gasteiger partial charge in [-0.15, -0.1) is 0 Å². The summed E-state index contributed by atoms with van der Waals surface area (Å²) < 4.78 is 0. The average Bonchev–Trinajstić information content (AvgIpc) is 2.85.